The molecular weight excluding hydrogens is 273 g/mol. The van der Waals surface area contributed by atoms with Gasteiger partial charge in [0.1, 0.15) is 0 Å². The number of hydrogen-bond donors (Lipinski definition) is 2. The van der Waals surface area contributed by atoms with E-state index in [-0.39, 0.29) is 36.9 Å². The Hall–Kier alpha value is -0.820. The molecule has 1 saturated heterocycles. The SMILES string of the molecule is O=C(NC[C@H]1CCCC[C@@H]1O)C1CN(CC(F)(F)F)C1. The molecule has 1 aliphatic heterocycles. The summed E-state index contributed by atoms with van der Waals surface area (Å²) in [6, 6.07) is 0. The number of carbonyl (C=O) groups excluding carboxylic acids is 1. The number of nitrogens with zero attached hydrogens (tertiary/aromatic N) is 1. The molecule has 1 aliphatic carbocycles. The largest absolute Gasteiger partial charge is 0.401 e. The first kappa shape index (κ1) is 15.6. The van der Waals surface area contributed by atoms with Crippen LogP contribution in [0.25, 0.3) is 0 Å². The smallest absolute Gasteiger partial charge is 0.393 e. The van der Waals surface area contributed by atoms with Crippen molar-refractivity contribution >= 4 is 5.91 Å². The van der Waals surface area contributed by atoms with E-state index in [0.29, 0.717) is 6.54 Å². The molecule has 0 spiro atoms. The van der Waals surface area contributed by atoms with E-state index < -0.39 is 12.7 Å². The van der Waals surface area contributed by atoms with Crippen molar-refractivity contribution < 1.29 is 23.1 Å². The van der Waals surface area contributed by atoms with Crippen LogP contribution >= 0.6 is 0 Å². The third-order valence-electron chi connectivity index (χ3n) is 4.14. The summed E-state index contributed by atoms with van der Waals surface area (Å²) < 4.78 is 36.4. The van der Waals surface area contributed by atoms with Crippen molar-refractivity contribution in [1.82, 2.24) is 10.2 Å². The summed E-state index contributed by atoms with van der Waals surface area (Å²) in [4.78, 5) is 13.0. The maximum absolute atomic E-state index is 12.1. The molecule has 2 fully saturated rings. The van der Waals surface area contributed by atoms with Crippen LogP contribution in [-0.4, -0.2) is 54.4 Å². The van der Waals surface area contributed by atoms with Gasteiger partial charge in [-0.1, -0.05) is 12.8 Å². The molecule has 1 saturated carbocycles. The van der Waals surface area contributed by atoms with Crippen LogP contribution in [0.5, 0.6) is 0 Å². The molecule has 0 unspecified atom stereocenters. The van der Waals surface area contributed by atoms with Crippen molar-refractivity contribution in [1.29, 1.82) is 0 Å². The van der Waals surface area contributed by atoms with Gasteiger partial charge in [0.2, 0.25) is 5.91 Å². The van der Waals surface area contributed by atoms with Gasteiger partial charge in [0.25, 0.3) is 0 Å². The summed E-state index contributed by atoms with van der Waals surface area (Å²) in [6.45, 7) is -0.189. The van der Waals surface area contributed by atoms with Gasteiger partial charge in [0, 0.05) is 25.6 Å². The maximum Gasteiger partial charge on any atom is 0.401 e. The molecule has 116 valence electrons. The maximum atomic E-state index is 12.1. The van der Waals surface area contributed by atoms with Gasteiger partial charge in [0.05, 0.1) is 18.6 Å². The Balaban J connectivity index is 1.64. The summed E-state index contributed by atoms with van der Waals surface area (Å²) >= 11 is 0. The Morgan fingerprint density at radius 1 is 1.25 bits per heavy atom. The lowest BCUT2D eigenvalue weighted by atomic mass is 9.86. The van der Waals surface area contributed by atoms with Crippen LogP contribution in [0.15, 0.2) is 0 Å². The highest BCUT2D eigenvalue weighted by Crippen LogP contribution is 2.25. The minimum atomic E-state index is -4.20. The fraction of sp³-hybridized carbons (Fsp3) is 0.923. The lowest BCUT2D eigenvalue weighted by molar-refractivity contribution is -0.163. The normalized spacial score (nSPS) is 29.0. The highest BCUT2D eigenvalue weighted by Gasteiger charge is 2.39. The molecule has 0 aromatic rings. The predicted octanol–water partition coefficient (Wildman–Crippen LogP) is 1.15. The molecule has 2 rings (SSSR count). The van der Waals surface area contributed by atoms with E-state index in [1.165, 1.54) is 4.90 Å². The van der Waals surface area contributed by atoms with Crippen LogP contribution in [0, 0.1) is 11.8 Å². The molecule has 0 radical (unpaired) electrons. The molecule has 0 aromatic carbocycles. The molecule has 2 N–H and O–H groups in total. The van der Waals surface area contributed by atoms with Crippen LogP contribution in [0.3, 0.4) is 0 Å². The standard InChI is InChI=1S/C13H21F3N2O2/c14-13(15,16)8-18-6-10(7-18)12(20)17-5-9-3-1-2-4-11(9)19/h9-11,19H,1-8H2,(H,17,20)/t9-,11+/m1/s1. The molecular formula is C13H21F3N2O2. The van der Waals surface area contributed by atoms with Crippen LogP contribution in [-0.2, 0) is 4.79 Å². The van der Waals surface area contributed by atoms with Crippen molar-refractivity contribution in [3.05, 3.63) is 0 Å². The van der Waals surface area contributed by atoms with Crippen molar-refractivity contribution in [2.45, 2.75) is 38.0 Å². The van der Waals surface area contributed by atoms with Crippen molar-refractivity contribution in [3.63, 3.8) is 0 Å². The third-order valence-corrected chi connectivity index (χ3v) is 4.14. The summed E-state index contributed by atoms with van der Waals surface area (Å²) in [5.74, 6) is -0.460. The molecule has 20 heavy (non-hydrogen) atoms. The molecule has 0 aromatic heterocycles. The second kappa shape index (κ2) is 6.30. The average Bonchev–Trinajstić information content (AvgIpc) is 2.31. The third kappa shape index (κ3) is 4.34. The number of alkyl halides is 3. The van der Waals surface area contributed by atoms with Crippen molar-refractivity contribution in [2.75, 3.05) is 26.2 Å². The molecule has 2 aliphatic rings. The van der Waals surface area contributed by atoms with E-state index >= 15 is 0 Å². The number of amides is 1. The number of aliphatic hydroxyl groups excluding tert-OH is 1. The Morgan fingerprint density at radius 3 is 2.50 bits per heavy atom. The van der Waals surface area contributed by atoms with E-state index in [1.807, 2.05) is 0 Å². The highest BCUT2D eigenvalue weighted by atomic mass is 19.4. The minimum Gasteiger partial charge on any atom is -0.393 e. The van der Waals surface area contributed by atoms with Crippen molar-refractivity contribution in [2.24, 2.45) is 11.8 Å². The topological polar surface area (TPSA) is 52.6 Å². The highest BCUT2D eigenvalue weighted by molar-refractivity contribution is 5.80. The fourth-order valence-corrected chi connectivity index (χ4v) is 2.92. The van der Waals surface area contributed by atoms with Crippen molar-refractivity contribution in [3.8, 4) is 0 Å². The number of halogens is 3. The average molecular weight is 294 g/mol. The zero-order valence-corrected chi connectivity index (χ0v) is 11.3. The summed E-state index contributed by atoms with van der Waals surface area (Å²) in [6.07, 6.45) is -0.836. The van der Waals surface area contributed by atoms with Crippen LogP contribution in [0.1, 0.15) is 25.7 Å². The minimum absolute atomic E-state index is 0.0825. The number of aliphatic hydroxyl groups is 1. The zero-order valence-electron chi connectivity index (χ0n) is 11.3. The summed E-state index contributed by atoms with van der Waals surface area (Å²) in [7, 11) is 0. The first-order chi connectivity index (χ1) is 9.35. The van der Waals surface area contributed by atoms with E-state index in [1.54, 1.807) is 0 Å². The molecule has 1 heterocycles. The Kier molecular flexibility index (Phi) is 4.90. The Labute approximate surface area is 116 Å². The predicted molar refractivity (Wildman–Crippen MR) is 67.0 cm³/mol. The van der Waals surface area contributed by atoms with E-state index in [0.717, 1.165) is 25.7 Å². The van der Waals surface area contributed by atoms with E-state index in [2.05, 4.69) is 5.32 Å². The number of nitrogens with one attached hydrogen (secondary N) is 1. The van der Waals surface area contributed by atoms with Gasteiger partial charge in [-0.25, -0.2) is 0 Å². The lowest BCUT2D eigenvalue weighted by Crippen LogP contribution is -2.56. The number of hydrogen-bond acceptors (Lipinski definition) is 3. The van der Waals surface area contributed by atoms with Crippen LogP contribution in [0.2, 0.25) is 0 Å². The molecule has 0 bridgehead atoms. The second-order valence-electron chi connectivity index (χ2n) is 5.86. The van der Waals surface area contributed by atoms with Gasteiger partial charge in [-0.05, 0) is 12.8 Å². The second-order valence-corrected chi connectivity index (χ2v) is 5.86. The fourth-order valence-electron chi connectivity index (χ4n) is 2.92. The van der Waals surface area contributed by atoms with Gasteiger partial charge in [-0.3, -0.25) is 9.69 Å². The van der Waals surface area contributed by atoms with Gasteiger partial charge in [-0.2, -0.15) is 13.2 Å². The van der Waals surface area contributed by atoms with Gasteiger partial charge in [-0.15, -0.1) is 0 Å². The van der Waals surface area contributed by atoms with Gasteiger partial charge in [0.15, 0.2) is 0 Å². The number of likely N-dealkylation sites (tertiary alicyclic amines) is 1. The van der Waals surface area contributed by atoms with E-state index in [9.17, 15) is 23.1 Å². The quantitative estimate of drug-likeness (QED) is 0.818. The zero-order chi connectivity index (χ0) is 14.8. The summed E-state index contributed by atoms with van der Waals surface area (Å²) in [5, 5.41) is 12.5. The summed E-state index contributed by atoms with van der Waals surface area (Å²) in [5.41, 5.74) is 0. The van der Waals surface area contributed by atoms with Crippen LogP contribution < -0.4 is 5.32 Å². The first-order valence-corrected chi connectivity index (χ1v) is 7.10. The van der Waals surface area contributed by atoms with Gasteiger partial charge >= 0.3 is 6.18 Å². The molecule has 1 amide bonds. The number of carbonyl (C=O) groups is 1. The molecule has 7 heteroatoms. The lowest BCUT2D eigenvalue weighted by Gasteiger charge is -2.38. The first-order valence-electron chi connectivity index (χ1n) is 7.10. The van der Waals surface area contributed by atoms with Gasteiger partial charge < -0.3 is 10.4 Å². The Bertz CT molecular complexity index is 343. The molecule has 2 atom stereocenters. The van der Waals surface area contributed by atoms with E-state index in [4.69, 9.17) is 0 Å². The Morgan fingerprint density at radius 2 is 1.90 bits per heavy atom. The monoisotopic (exact) mass is 294 g/mol. The molecule has 4 nitrogen and oxygen atoms in total. The van der Waals surface area contributed by atoms with Crippen LogP contribution in [0.4, 0.5) is 13.2 Å². The number of rotatable bonds is 4.